The Kier molecular flexibility index (Phi) is 4.29. The van der Waals surface area contributed by atoms with Gasteiger partial charge in [0.2, 0.25) is 0 Å². The molecule has 8 heteroatoms. The molecule has 3 nitrogen and oxygen atoms in total. The highest BCUT2D eigenvalue weighted by atomic mass is 79.9. The van der Waals surface area contributed by atoms with Crippen LogP contribution in [0.5, 0.6) is 0 Å². The first-order chi connectivity index (χ1) is 9.70. The highest BCUT2D eigenvalue weighted by Crippen LogP contribution is 2.23. The number of rotatable bonds is 3. The van der Waals surface area contributed by atoms with E-state index in [1.54, 1.807) is 6.92 Å². The summed E-state index contributed by atoms with van der Waals surface area (Å²) in [5, 5.41) is 0. The second kappa shape index (κ2) is 5.69. The van der Waals surface area contributed by atoms with Crippen molar-refractivity contribution in [2.45, 2.75) is 11.8 Å². The fourth-order valence-electron chi connectivity index (χ4n) is 1.61. The van der Waals surface area contributed by atoms with Gasteiger partial charge in [-0.3, -0.25) is 4.72 Å². The van der Waals surface area contributed by atoms with Gasteiger partial charge in [-0.15, -0.1) is 0 Å². The van der Waals surface area contributed by atoms with E-state index in [2.05, 4.69) is 15.9 Å². The lowest BCUT2D eigenvalue weighted by atomic mass is 10.2. The molecule has 0 saturated carbocycles. The maximum Gasteiger partial charge on any atom is 0.261 e. The summed E-state index contributed by atoms with van der Waals surface area (Å²) in [6.45, 7) is 1.69. The minimum Gasteiger partial charge on any atom is -0.279 e. The van der Waals surface area contributed by atoms with Crippen LogP contribution in [0.1, 0.15) is 5.56 Å². The topological polar surface area (TPSA) is 46.2 Å². The van der Waals surface area contributed by atoms with Gasteiger partial charge in [0, 0.05) is 16.6 Å². The number of nitrogens with one attached hydrogen (secondary N) is 1. The lowest BCUT2D eigenvalue weighted by molar-refractivity contribution is 0.448. The van der Waals surface area contributed by atoms with Crippen molar-refractivity contribution in [2.24, 2.45) is 0 Å². The van der Waals surface area contributed by atoms with Crippen LogP contribution in [0.4, 0.5) is 18.9 Å². The smallest absolute Gasteiger partial charge is 0.261 e. The Hall–Kier alpha value is -1.54. The molecule has 2 aromatic rings. The third kappa shape index (κ3) is 3.38. The first-order valence-corrected chi connectivity index (χ1v) is 7.92. The summed E-state index contributed by atoms with van der Waals surface area (Å²) in [5.41, 5.74) is 0.279. The molecule has 2 aromatic carbocycles. The second-order valence-corrected chi connectivity index (χ2v) is 6.81. The normalized spacial score (nSPS) is 11.5. The molecule has 0 heterocycles. The average Bonchev–Trinajstić information content (AvgIpc) is 2.38. The molecular weight excluding hydrogens is 371 g/mol. The van der Waals surface area contributed by atoms with Gasteiger partial charge in [-0.2, -0.15) is 0 Å². The zero-order valence-corrected chi connectivity index (χ0v) is 13.0. The fourth-order valence-corrected chi connectivity index (χ4v) is 2.98. The number of hydrogen-bond acceptors (Lipinski definition) is 2. The van der Waals surface area contributed by atoms with E-state index in [0.29, 0.717) is 17.7 Å². The van der Waals surface area contributed by atoms with Gasteiger partial charge in [0.25, 0.3) is 10.0 Å². The molecule has 0 radical (unpaired) electrons. The molecule has 0 bridgehead atoms. The molecule has 0 fully saturated rings. The van der Waals surface area contributed by atoms with Crippen molar-refractivity contribution in [1.29, 1.82) is 0 Å². The minimum atomic E-state index is -4.03. The van der Waals surface area contributed by atoms with Crippen molar-refractivity contribution in [2.75, 3.05) is 4.72 Å². The Balaban J connectivity index is 2.39. The summed E-state index contributed by atoms with van der Waals surface area (Å²) in [4.78, 5) is -0.0756. The summed E-state index contributed by atoms with van der Waals surface area (Å²) in [6.07, 6.45) is 0. The van der Waals surface area contributed by atoms with Crippen LogP contribution in [0.25, 0.3) is 0 Å². The molecule has 1 N–H and O–H groups in total. The molecule has 0 unspecified atom stereocenters. The highest BCUT2D eigenvalue weighted by Gasteiger charge is 2.18. The molecule has 0 aliphatic rings. The molecule has 0 spiro atoms. The van der Waals surface area contributed by atoms with Crippen molar-refractivity contribution < 1.29 is 21.6 Å². The van der Waals surface area contributed by atoms with E-state index in [0.717, 1.165) is 4.47 Å². The van der Waals surface area contributed by atoms with Gasteiger partial charge < -0.3 is 0 Å². The largest absolute Gasteiger partial charge is 0.279 e. The van der Waals surface area contributed by atoms with Crippen molar-refractivity contribution in [3.63, 3.8) is 0 Å². The maximum absolute atomic E-state index is 13.1. The maximum atomic E-state index is 13.1. The zero-order chi connectivity index (χ0) is 15.8. The Bertz CT molecular complexity index is 786. The third-order valence-corrected chi connectivity index (χ3v) is 4.94. The molecule has 0 aliphatic carbocycles. The van der Waals surface area contributed by atoms with Gasteiger partial charge in [0.1, 0.15) is 0 Å². The minimum absolute atomic E-state index is 0.0756. The Labute approximate surface area is 128 Å². The third-order valence-electron chi connectivity index (χ3n) is 2.68. The van der Waals surface area contributed by atoms with Gasteiger partial charge >= 0.3 is 0 Å². The van der Waals surface area contributed by atoms with E-state index in [9.17, 15) is 21.6 Å². The van der Waals surface area contributed by atoms with Crippen LogP contribution in [0.3, 0.4) is 0 Å². The number of hydrogen-bond donors (Lipinski definition) is 1. The lowest BCUT2D eigenvalue weighted by Gasteiger charge is -2.10. The highest BCUT2D eigenvalue weighted by molar-refractivity contribution is 9.10. The van der Waals surface area contributed by atoms with Gasteiger partial charge in [-0.05, 0) is 30.7 Å². The first-order valence-electron chi connectivity index (χ1n) is 5.64. The van der Waals surface area contributed by atoms with Crippen LogP contribution in [-0.2, 0) is 10.0 Å². The van der Waals surface area contributed by atoms with Gasteiger partial charge in [-0.1, -0.05) is 15.9 Å². The predicted octanol–water partition coefficient (Wildman–Crippen LogP) is 3.98. The van der Waals surface area contributed by atoms with E-state index in [-0.39, 0.29) is 4.90 Å². The number of halogens is 4. The van der Waals surface area contributed by atoms with Crippen LogP contribution in [0, 0.1) is 24.4 Å². The van der Waals surface area contributed by atoms with Crippen molar-refractivity contribution in [3.8, 4) is 0 Å². The standard InChI is InChI=1S/C13H9BrF3NO2S/c1-7-4-9(2-3-10(7)14)21(19,20)18-8-5-11(15)13(17)12(16)6-8/h2-6,18H,1H3. The molecule has 0 atom stereocenters. The average molecular weight is 380 g/mol. The number of anilines is 1. The van der Waals surface area contributed by atoms with E-state index < -0.39 is 33.2 Å². The summed E-state index contributed by atoms with van der Waals surface area (Å²) >= 11 is 3.23. The molecule has 0 aliphatic heterocycles. The predicted molar refractivity (Wildman–Crippen MR) is 76.0 cm³/mol. The van der Waals surface area contributed by atoms with Gasteiger partial charge in [0.15, 0.2) is 17.5 Å². The number of aryl methyl sites for hydroxylation is 1. The molecule has 0 amide bonds. The van der Waals surface area contributed by atoms with Crippen LogP contribution in [-0.4, -0.2) is 8.42 Å². The van der Waals surface area contributed by atoms with E-state index in [1.165, 1.54) is 18.2 Å². The molecule has 0 aromatic heterocycles. The number of sulfonamides is 1. The van der Waals surface area contributed by atoms with E-state index in [4.69, 9.17) is 0 Å². The van der Waals surface area contributed by atoms with Crippen molar-refractivity contribution in [3.05, 3.63) is 57.8 Å². The van der Waals surface area contributed by atoms with Crippen LogP contribution in [0.2, 0.25) is 0 Å². The molecule has 112 valence electrons. The fraction of sp³-hybridized carbons (Fsp3) is 0.0769. The van der Waals surface area contributed by atoms with Gasteiger partial charge in [-0.25, -0.2) is 21.6 Å². The summed E-state index contributed by atoms with van der Waals surface area (Å²) in [7, 11) is -4.03. The monoisotopic (exact) mass is 379 g/mol. The number of benzene rings is 2. The molecular formula is C13H9BrF3NO2S. The first kappa shape index (κ1) is 15.8. The van der Waals surface area contributed by atoms with Crippen molar-refractivity contribution in [1.82, 2.24) is 0 Å². The van der Waals surface area contributed by atoms with Crippen LogP contribution >= 0.6 is 15.9 Å². The quantitative estimate of drug-likeness (QED) is 0.819. The Morgan fingerprint density at radius 2 is 1.62 bits per heavy atom. The van der Waals surface area contributed by atoms with Crippen LogP contribution in [0.15, 0.2) is 39.7 Å². The van der Waals surface area contributed by atoms with Crippen molar-refractivity contribution >= 4 is 31.6 Å². The van der Waals surface area contributed by atoms with E-state index in [1.807, 2.05) is 4.72 Å². The Morgan fingerprint density at radius 3 is 2.14 bits per heavy atom. The second-order valence-electron chi connectivity index (χ2n) is 4.27. The molecule has 2 rings (SSSR count). The Morgan fingerprint density at radius 1 is 1.05 bits per heavy atom. The van der Waals surface area contributed by atoms with Crippen LogP contribution < -0.4 is 4.72 Å². The zero-order valence-electron chi connectivity index (χ0n) is 10.6. The summed E-state index contributed by atoms with van der Waals surface area (Å²) in [5.74, 6) is -4.60. The molecule has 21 heavy (non-hydrogen) atoms. The van der Waals surface area contributed by atoms with E-state index >= 15 is 0 Å². The summed E-state index contributed by atoms with van der Waals surface area (Å²) < 4.78 is 65.9. The SMILES string of the molecule is Cc1cc(S(=O)(=O)Nc2cc(F)c(F)c(F)c2)ccc1Br. The molecule has 0 saturated heterocycles. The lowest BCUT2D eigenvalue weighted by Crippen LogP contribution is -2.13. The van der Waals surface area contributed by atoms with Gasteiger partial charge in [0.05, 0.1) is 10.6 Å². The summed E-state index contributed by atoms with van der Waals surface area (Å²) in [6, 6.07) is 5.40.